The fourth-order valence-electron chi connectivity index (χ4n) is 1.95. The Morgan fingerprint density at radius 3 is 2.55 bits per heavy atom. The molecule has 1 amide bonds. The van der Waals surface area contributed by atoms with Gasteiger partial charge in [0.05, 0.1) is 0 Å². The Kier molecular flexibility index (Phi) is 4.93. The number of thioether (sulfide) groups is 1. The number of hydrogen-bond acceptors (Lipinski definition) is 4. The van der Waals surface area contributed by atoms with Gasteiger partial charge in [-0.25, -0.2) is 0 Å². The second-order valence-corrected chi connectivity index (χ2v) is 7.67. The molecular weight excluding hydrogens is 325 g/mol. The van der Waals surface area contributed by atoms with E-state index in [0.29, 0.717) is 17.3 Å². The minimum Gasteiger partial charge on any atom is -0.340 e. The highest BCUT2D eigenvalue weighted by molar-refractivity contribution is 7.99. The molecule has 1 aromatic rings. The van der Waals surface area contributed by atoms with Crippen LogP contribution in [-0.2, 0) is 15.0 Å². The van der Waals surface area contributed by atoms with Gasteiger partial charge in [-0.05, 0) is 24.3 Å². The first-order valence-electron chi connectivity index (χ1n) is 5.96. The van der Waals surface area contributed by atoms with E-state index in [4.69, 9.17) is 11.6 Å². The van der Waals surface area contributed by atoms with Crippen molar-refractivity contribution in [3.05, 3.63) is 29.3 Å². The highest BCUT2D eigenvalue weighted by Crippen LogP contribution is 2.23. The van der Waals surface area contributed by atoms with Crippen LogP contribution in [0.25, 0.3) is 0 Å². The van der Waals surface area contributed by atoms with E-state index in [1.807, 2.05) is 12.1 Å². The molecule has 110 valence electrons. The lowest BCUT2D eigenvalue weighted by Gasteiger charge is -2.15. The number of hydrogen-bond donors (Lipinski definition) is 0. The van der Waals surface area contributed by atoms with Crippen molar-refractivity contribution in [2.75, 3.05) is 18.8 Å². The van der Waals surface area contributed by atoms with Gasteiger partial charge < -0.3 is 4.90 Å². The number of amides is 1. The maximum absolute atomic E-state index is 12.8. The molecule has 1 aliphatic rings. The summed E-state index contributed by atoms with van der Waals surface area (Å²) in [6.07, 6.45) is -0.259. The van der Waals surface area contributed by atoms with Gasteiger partial charge in [-0.3, -0.25) is 4.79 Å². The van der Waals surface area contributed by atoms with Crippen LogP contribution in [0.15, 0.2) is 29.2 Å². The molecule has 0 bridgehead atoms. The van der Waals surface area contributed by atoms with Gasteiger partial charge in [0, 0.05) is 35.2 Å². The van der Waals surface area contributed by atoms with Crippen molar-refractivity contribution in [3.8, 4) is 0 Å². The van der Waals surface area contributed by atoms with Crippen LogP contribution in [0.3, 0.4) is 0 Å². The molecule has 0 radical (unpaired) electrons. The van der Waals surface area contributed by atoms with Crippen LogP contribution in [0.5, 0.6) is 0 Å². The first-order chi connectivity index (χ1) is 9.36. The van der Waals surface area contributed by atoms with E-state index in [-0.39, 0.29) is 18.9 Å². The van der Waals surface area contributed by atoms with Gasteiger partial charge in [0.2, 0.25) is 5.91 Å². The van der Waals surface area contributed by atoms with Crippen LogP contribution in [-0.4, -0.2) is 43.3 Å². The Morgan fingerprint density at radius 1 is 1.35 bits per heavy atom. The van der Waals surface area contributed by atoms with Crippen LogP contribution < -0.4 is 0 Å². The number of benzene rings is 1. The summed E-state index contributed by atoms with van der Waals surface area (Å²) in [6, 6.07) is 7.29. The maximum Gasteiger partial charge on any atom is 0.307 e. The van der Waals surface area contributed by atoms with Crippen LogP contribution >= 0.6 is 23.4 Å². The average Bonchev–Trinajstić information content (AvgIpc) is 2.74. The fourth-order valence-corrected chi connectivity index (χ4v) is 3.65. The Morgan fingerprint density at radius 2 is 2.00 bits per heavy atom. The van der Waals surface area contributed by atoms with E-state index in [2.05, 4.69) is 0 Å². The zero-order chi connectivity index (χ0) is 14.8. The molecule has 0 N–H and O–H groups in total. The molecule has 8 heteroatoms. The van der Waals surface area contributed by atoms with E-state index < -0.39 is 15.5 Å². The Hall–Kier alpha value is -0.790. The first-order valence-corrected chi connectivity index (χ1v) is 8.77. The normalized spacial score (nSPS) is 19.6. The predicted octanol–water partition coefficient (Wildman–Crippen LogP) is 2.33. The van der Waals surface area contributed by atoms with Crippen LogP contribution in [0.4, 0.5) is 3.89 Å². The maximum atomic E-state index is 12.8. The topological polar surface area (TPSA) is 54.5 Å². The lowest BCUT2D eigenvalue weighted by atomic mass is 10.4. The van der Waals surface area contributed by atoms with Crippen molar-refractivity contribution in [2.45, 2.75) is 16.6 Å². The van der Waals surface area contributed by atoms with Crippen molar-refractivity contribution in [3.63, 3.8) is 0 Å². The number of halogens is 2. The molecule has 0 saturated carbocycles. The van der Waals surface area contributed by atoms with E-state index in [0.717, 1.165) is 4.90 Å². The third-order valence-electron chi connectivity index (χ3n) is 3.02. The Balaban J connectivity index is 1.83. The van der Waals surface area contributed by atoms with Crippen molar-refractivity contribution in [1.29, 1.82) is 0 Å². The molecule has 1 fully saturated rings. The van der Waals surface area contributed by atoms with E-state index in [1.165, 1.54) is 16.7 Å². The third-order valence-corrected chi connectivity index (χ3v) is 5.38. The summed E-state index contributed by atoms with van der Waals surface area (Å²) in [5.74, 6) is 0.305. The number of carbonyl (C=O) groups excluding carboxylic acids is 1. The highest BCUT2D eigenvalue weighted by Gasteiger charge is 2.37. The summed E-state index contributed by atoms with van der Waals surface area (Å²) in [6.45, 7) is 0.344. The van der Waals surface area contributed by atoms with E-state index in [1.54, 1.807) is 12.1 Å². The molecule has 1 unspecified atom stereocenters. The van der Waals surface area contributed by atoms with Gasteiger partial charge in [0.15, 0.2) is 0 Å². The SMILES string of the molecule is O=C1CC(S(=O)(=O)F)CN1CCSc1ccc(Cl)cc1. The number of carbonyl (C=O) groups is 1. The van der Waals surface area contributed by atoms with Crippen molar-refractivity contribution in [1.82, 2.24) is 4.90 Å². The molecule has 1 aliphatic heterocycles. The molecule has 1 atom stereocenters. The summed E-state index contributed by atoms with van der Waals surface area (Å²) in [4.78, 5) is 14.0. The van der Waals surface area contributed by atoms with Crippen molar-refractivity contribution < 1.29 is 17.1 Å². The third kappa shape index (κ3) is 4.10. The van der Waals surface area contributed by atoms with Gasteiger partial charge in [-0.2, -0.15) is 8.42 Å². The molecule has 1 aromatic carbocycles. The number of rotatable bonds is 5. The second kappa shape index (κ2) is 6.32. The molecule has 0 aromatic heterocycles. The van der Waals surface area contributed by atoms with Gasteiger partial charge >= 0.3 is 10.2 Å². The molecule has 1 saturated heterocycles. The summed E-state index contributed by atoms with van der Waals surface area (Å²) in [7, 11) is -4.63. The van der Waals surface area contributed by atoms with Gasteiger partial charge in [-0.15, -0.1) is 15.6 Å². The lowest BCUT2D eigenvalue weighted by molar-refractivity contribution is -0.127. The summed E-state index contributed by atoms with van der Waals surface area (Å²) >= 11 is 7.30. The molecule has 1 heterocycles. The Labute approximate surface area is 126 Å². The Bertz CT molecular complexity index is 591. The molecular formula is C12H13ClFNO3S2. The van der Waals surface area contributed by atoms with Gasteiger partial charge in [0.1, 0.15) is 5.25 Å². The quantitative estimate of drug-likeness (QED) is 0.611. The molecule has 0 aliphatic carbocycles. The minimum atomic E-state index is -4.63. The zero-order valence-electron chi connectivity index (χ0n) is 10.5. The summed E-state index contributed by atoms with van der Waals surface area (Å²) < 4.78 is 34.4. The standard InChI is InChI=1S/C12H13ClFNO3S2/c13-9-1-3-10(4-2-9)19-6-5-15-8-11(7-12(15)16)20(14,17)18/h1-4,11H,5-8H2. The fraction of sp³-hybridized carbons (Fsp3) is 0.417. The summed E-state index contributed by atoms with van der Waals surface area (Å²) in [5, 5.41) is -0.560. The predicted molar refractivity (Wildman–Crippen MR) is 77.2 cm³/mol. The molecule has 20 heavy (non-hydrogen) atoms. The van der Waals surface area contributed by atoms with Crippen LogP contribution in [0.1, 0.15) is 6.42 Å². The summed E-state index contributed by atoms with van der Waals surface area (Å²) in [5.41, 5.74) is 0. The number of likely N-dealkylation sites (tertiary alicyclic amines) is 1. The van der Waals surface area contributed by atoms with E-state index in [9.17, 15) is 17.1 Å². The average molecular weight is 338 g/mol. The zero-order valence-corrected chi connectivity index (χ0v) is 12.8. The molecule has 0 spiro atoms. The van der Waals surface area contributed by atoms with E-state index >= 15 is 0 Å². The second-order valence-electron chi connectivity index (χ2n) is 4.44. The largest absolute Gasteiger partial charge is 0.340 e. The first kappa shape index (κ1) is 15.6. The molecule has 4 nitrogen and oxygen atoms in total. The van der Waals surface area contributed by atoms with Crippen LogP contribution in [0, 0.1) is 0 Å². The number of nitrogens with zero attached hydrogens (tertiary/aromatic N) is 1. The smallest absolute Gasteiger partial charge is 0.307 e. The van der Waals surface area contributed by atoms with Crippen molar-refractivity contribution in [2.24, 2.45) is 0 Å². The van der Waals surface area contributed by atoms with Crippen LogP contribution in [0.2, 0.25) is 5.02 Å². The van der Waals surface area contributed by atoms with Gasteiger partial charge in [-0.1, -0.05) is 11.6 Å². The van der Waals surface area contributed by atoms with Gasteiger partial charge in [0.25, 0.3) is 0 Å². The highest BCUT2D eigenvalue weighted by atomic mass is 35.5. The minimum absolute atomic E-state index is 0.0567. The van der Waals surface area contributed by atoms with Crippen molar-refractivity contribution >= 4 is 39.5 Å². The lowest BCUT2D eigenvalue weighted by Crippen LogP contribution is -2.29. The monoisotopic (exact) mass is 337 g/mol. The molecule has 2 rings (SSSR count).